The monoisotopic (exact) mass is 526 g/mol. The van der Waals surface area contributed by atoms with E-state index >= 15 is 0 Å². The number of carboxylic acids is 2. The molecule has 0 spiro atoms. The van der Waals surface area contributed by atoms with E-state index in [1.807, 2.05) is 0 Å². The molecule has 0 aromatic carbocycles. The number of hydrogen-bond donors (Lipinski definition) is 2. The van der Waals surface area contributed by atoms with E-state index in [1.54, 1.807) is 0 Å². The summed E-state index contributed by atoms with van der Waals surface area (Å²) in [5.41, 5.74) is 0. The maximum absolute atomic E-state index is 10.3. The van der Waals surface area contributed by atoms with Gasteiger partial charge < -0.3 is 19.8 Å². The SMILES string of the molecule is CCCCCCCCC(S)C(=O)[O-].CCCCCCCCC(S)C(=O)[O-].[Sn+2]. The second-order valence-corrected chi connectivity index (χ2v) is 8.03. The molecule has 0 rings (SSSR count). The first-order chi connectivity index (χ1) is 12.4. The topological polar surface area (TPSA) is 80.3 Å². The van der Waals surface area contributed by atoms with Gasteiger partial charge in [-0.15, -0.1) is 0 Å². The van der Waals surface area contributed by atoms with Gasteiger partial charge in [0.2, 0.25) is 0 Å². The molecule has 0 aliphatic carbocycles. The zero-order valence-electron chi connectivity index (χ0n) is 17.1. The normalized spacial score (nSPS) is 12.3. The van der Waals surface area contributed by atoms with Crippen molar-refractivity contribution in [3.05, 3.63) is 0 Å². The number of thiol groups is 2. The smallest absolute Gasteiger partial charge is 0.549 e. The van der Waals surface area contributed by atoms with Gasteiger partial charge in [-0.3, -0.25) is 0 Å². The third-order valence-corrected chi connectivity index (χ3v) is 5.14. The van der Waals surface area contributed by atoms with Crippen molar-refractivity contribution in [1.82, 2.24) is 0 Å². The first kappa shape index (κ1) is 32.1. The van der Waals surface area contributed by atoms with Crippen LogP contribution in [0.15, 0.2) is 0 Å². The first-order valence-corrected chi connectivity index (χ1v) is 11.2. The molecule has 0 amide bonds. The third-order valence-electron chi connectivity index (χ3n) is 4.21. The molecule has 0 saturated heterocycles. The Morgan fingerprint density at radius 2 is 0.889 bits per heavy atom. The van der Waals surface area contributed by atoms with Gasteiger partial charge in [0.15, 0.2) is 0 Å². The molecule has 2 radical (unpaired) electrons. The summed E-state index contributed by atoms with van der Waals surface area (Å²) in [6.07, 6.45) is 15.4. The summed E-state index contributed by atoms with van der Waals surface area (Å²) in [5.74, 6) is -2.09. The predicted molar refractivity (Wildman–Crippen MR) is 117 cm³/mol. The Bertz CT molecular complexity index is 312. The molecule has 0 saturated carbocycles. The van der Waals surface area contributed by atoms with Gasteiger partial charge in [0.25, 0.3) is 0 Å². The Balaban J connectivity index is -0.000000411. The summed E-state index contributed by atoms with van der Waals surface area (Å²) in [4.78, 5) is 20.6. The molecule has 4 nitrogen and oxygen atoms in total. The molecule has 27 heavy (non-hydrogen) atoms. The second-order valence-electron chi connectivity index (χ2n) is 6.78. The fourth-order valence-corrected chi connectivity index (χ4v) is 2.84. The van der Waals surface area contributed by atoms with Gasteiger partial charge in [0.1, 0.15) is 0 Å². The van der Waals surface area contributed by atoms with Crippen molar-refractivity contribution in [3.63, 3.8) is 0 Å². The number of carboxylic acid groups (broad SMARTS) is 2. The zero-order chi connectivity index (χ0) is 20.2. The van der Waals surface area contributed by atoms with Crippen molar-refractivity contribution in [2.24, 2.45) is 0 Å². The number of carbonyl (C=O) groups is 2. The standard InChI is InChI=1S/2C10H20O2S.Sn/c2*1-2-3-4-5-6-7-8-9(13)10(11)12;/h2*9,13H,2-8H2,1H3,(H,11,12);/q;;+2/p-2. The van der Waals surface area contributed by atoms with Crippen molar-refractivity contribution in [2.75, 3.05) is 0 Å². The van der Waals surface area contributed by atoms with Gasteiger partial charge >= 0.3 is 23.9 Å². The molecule has 2 atom stereocenters. The molecule has 2 unspecified atom stereocenters. The van der Waals surface area contributed by atoms with Crippen molar-refractivity contribution in [1.29, 1.82) is 0 Å². The Hall–Kier alpha value is 0.439. The molecule has 0 bridgehead atoms. The van der Waals surface area contributed by atoms with E-state index in [1.165, 1.54) is 51.4 Å². The Morgan fingerprint density at radius 1 is 0.630 bits per heavy atom. The van der Waals surface area contributed by atoms with Crippen LogP contribution in [-0.4, -0.2) is 46.3 Å². The molecule has 0 heterocycles. The van der Waals surface area contributed by atoms with E-state index in [9.17, 15) is 19.8 Å². The van der Waals surface area contributed by atoms with Crippen LogP contribution in [0.25, 0.3) is 0 Å². The molecule has 0 aliphatic rings. The van der Waals surface area contributed by atoms with Crippen molar-refractivity contribution in [2.45, 2.75) is 114 Å². The van der Waals surface area contributed by atoms with Gasteiger partial charge in [-0.2, -0.15) is 25.3 Å². The molecule has 0 aromatic heterocycles. The van der Waals surface area contributed by atoms with Crippen LogP contribution in [0.4, 0.5) is 0 Å². The number of rotatable bonds is 16. The summed E-state index contributed by atoms with van der Waals surface area (Å²) >= 11 is 7.81. The summed E-state index contributed by atoms with van der Waals surface area (Å²) in [7, 11) is 0. The average molecular weight is 525 g/mol. The van der Waals surface area contributed by atoms with Crippen LogP contribution >= 0.6 is 25.3 Å². The van der Waals surface area contributed by atoms with E-state index in [0.717, 1.165) is 25.7 Å². The van der Waals surface area contributed by atoms with Gasteiger partial charge in [0.05, 0.1) is 11.9 Å². The number of aliphatic carboxylic acids is 2. The van der Waals surface area contributed by atoms with Gasteiger partial charge in [-0.25, -0.2) is 0 Å². The van der Waals surface area contributed by atoms with Gasteiger partial charge in [-0.05, 0) is 12.8 Å². The largest absolute Gasteiger partial charge is 2.00 e. The van der Waals surface area contributed by atoms with Crippen LogP contribution in [-0.2, 0) is 9.59 Å². The molecular formula is C20H38O4S2Sn. The number of carbonyl (C=O) groups excluding carboxylic acids is 2. The average Bonchev–Trinajstić information content (AvgIpc) is 2.60. The zero-order valence-corrected chi connectivity index (χ0v) is 21.7. The fourth-order valence-electron chi connectivity index (χ4n) is 2.47. The summed E-state index contributed by atoms with van der Waals surface area (Å²) in [6, 6.07) is 0. The van der Waals surface area contributed by atoms with Crippen LogP contribution in [0.2, 0.25) is 0 Å². The van der Waals surface area contributed by atoms with Crippen LogP contribution < -0.4 is 10.2 Å². The minimum absolute atomic E-state index is 0. The Morgan fingerprint density at radius 3 is 1.15 bits per heavy atom. The van der Waals surface area contributed by atoms with E-state index in [0.29, 0.717) is 12.8 Å². The molecular weight excluding hydrogens is 487 g/mol. The summed E-state index contributed by atoms with van der Waals surface area (Å²) in [6.45, 7) is 4.36. The van der Waals surface area contributed by atoms with Crippen LogP contribution in [0, 0.1) is 0 Å². The van der Waals surface area contributed by atoms with Crippen LogP contribution in [0.3, 0.4) is 0 Å². The van der Waals surface area contributed by atoms with Crippen molar-refractivity contribution in [3.8, 4) is 0 Å². The minimum atomic E-state index is -1.04. The van der Waals surface area contributed by atoms with E-state index in [2.05, 4.69) is 39.1 Å². The maximum atomic E-state index is 10.3. The van der Waals surface area contributed by atoms with Crippen molar-refractivity contribution >= 4 is 61.1 Å². The number of unbranched alkanes of at least 4 members (excludes halogenated alkanes) is 10. The Kier molecular flexibility index (Phi) is 29.1. The minimum Gasteiger partial charge on any atom is -0.549 e. The first-order valence-electron chi connectivity index (χ1n) is 10.1. The quantitative estimate of drug-likeness (QED) is 0.184. The van der Waals surface area contributed by atoms with E-state index in [4.69, 9.17) is 0 Å². The molecule has 0 fully saturated rings. The molecule has 0 aromatic rings. The van der Waals surface area contributed by atoms with Gasteiger partial charge in [0, 0.05) is 10.5 Å². The summed E-state index contributed by atoms with van der Waals surface area (Å²) in [5, 5.41) is 19.4. The third kappa shape index (κ3) is 26.4. The molecule has 7 heteroatoms. The van der Waals surface area contributed by atoms with Crippen LogP contribution in [0.1, 0.15) is 104 Å². The molecule has 0 N–H and O–H groups in total. The fraction of sp³-hybridized carbons (Fsp3) is 0.900. The molecule has 158 valence electrons. The van der Waals surface area contributed by atoms with Gasteiger partial charge in [-0.1, -0.05) is 90.9 Å². The number of hydrogen-bond acceptors (Lipinski definition) is 6. The van der Waals surface area contributed by atoms with Crippen molar-refractivity contribution < 1.29 is 19.8 Å². The van der Waals surface area contributed by atoms with Crippen LogP contribution in [0.5, 0.6) is 0 Å². The maximum Gasteiger partial charge on any atom is 2.00 e. The predicted octanol–water partition coefficient (Wildman–Crippen LogP) is 3.19. The second kappa shape index (κ2) is 24.5. The molecule has 0 aliphatic heterocycles. The Labute approximate surface area is 194 Å². The van der Waals surface area contributed by atoms with E-state index in [-0.39, 0.29) is 23.9 Å². The van der Waals surface area contributed by atoms with E-state index < -0.39 is 22.4 Å². The summed E-state index contributed by atoms with van der Waals surface area (Å²) < 4.78 is 0.